The van der Waals surface area contributed by atoms with Crippen LogP contribution in [0, 0.1) is 0 Å². The highest BCUT2D eigenvalue weighted by molar-refractivity contribution is 7.90. The van der Waals surface area contributed by atoms with Crippen molar-refractivity contribution >= 4 is 15.7 Å². The molecule has 0 unspecified atom stereocenters. The van der Waals surface area contributed by atoms with Crippen LogP contribution in [-0.2, 0) is 9.84 Å². The van der Waals surface area contributed by atoms with Gasteiger partial charge in [0.1, 0.15) is 15.6 Å². The van der Waals surface area contributed by atoms with Gasteiger partial charge in [-0.1, -0.05) is 12.1 Å². The molecule has 5 nitrogen and oxygen atoms in total. The van der Waals surface area contributed by atoms with Gasteiger partial charge >= 0.3 is 0 Å². The van der Waals surface area contributed by atoms with E-state index in [1.54, 1.807) is 12.1 Å². The van der Waals surface area contributed by atoms with Crippen LogP contribution in [0.3, 0.4) is 0 Å². The van der Waals surface area contributed by atoms with Crippen molar-refractivity contribution in [2.75, 3.05) is 25.6 Å². The van der Waals surface area contributed by atoms with Crippen LogP contribution >= 0.6 is 0 Å². The van der Waals surface area contributed by atoms with E-state index < -0.39 is 15.7 Å². The van der Waals surface area contributed by atoms with E-state index in [0.717, 1.165) is 6.26 Å². The lowest BCUT2D eigenvalue weighted by molar-refractivity contribution is 0.0800. The second kappa shape index (κ2) is 5.18. The van der Waals surface area contributed by atoms with Crippen molar-refractivity contribution in [2.24, 2.45) is 0 Å². The van der Waals surface area contributed by atoms with Crippen LogP contribution in [0.2, 0.25) is 0 Å². The van der Waals surface area contributed by atoms with E-state index in [9.17, 15) is 18.3 Å². The molecule has 0 bridgehead atoms. The van der Waals surface area contributed by atoms with E-state index in [2.05, 4.69) is 0 Å². The number of hydrogen-bond donors (Lipinski definition) is 1. The second-order valence-corrected chi connectivity index (χ2v) is 6.13. The average Bonchev–Trinajstić information content (AvgIpc) is 2.24. The minimum Gasteiger partial charge on any atom is -0.507 e. The first-order valence-corrected chi connectivity index (χ1v) is 7.08. The maximum Gasteiger partial charge on any atom is 0.257 e. The zero-order valence-electron chi connectivity index (χ0n) is 9.75. The third-order valence-corrected chi connectivity index (χ3v) is 3.20. The number of carbonyl (C=O) groups excluding carboxylic acids is 1. The van der Waals surface area contributed by atoms with Crippen molar-refractivity contribution < 1.29 is 18.3 Å². The number of nitrogens with zero attached hydrogens (tertiary/aromatic N) is 1. The third kappa shape index (κ3) is 4.07. The summed E-state index contributed by atoms with van der Waals surface area (Å²) in [4.78, 5) is 13.1. The standard InChI is InChI=1S/C11H15NO4S/c1-12(7-8-17(2,15)16)11(14)9-5-3-4-6-10(9)13/h3-6,13H,7-8H2,1-2H3. The van der Waals surface area contributed by atoms with Gasteiger partial charge in [-0.3, -0.25) is 4.79 Å². The minimum absolute atomic E-state index is 0.0944. The summed E-state index contributed by atoms with van der Waals surface area (Å²) in [6.07, 6.45) is 1.12. The molecule has 0 atom stereocenters. The highest BCUT2D eigenvalue weighted by Gasteiger charge is 2.16. The molecule has 0 spiro atoms. The summed E-state index contributed by atoms with van der Waals surface area (Å²) in [5.41, 5.74) is 0.170. The fraction of sp³-hybridized carbons (Fsp3) is 0.364. The molecule has 0 saturated heterocycles. The molecule has 17 heavy (non-hydrogen) atoms. The van der Waals surface area contributed by atoms with Gasteiger partial charge in [0.2, 0.25) is 0 Å². The molecular formula is C11H15NO4S. The van der Waals surface area contributed by atoms with Crippen LogP contribution < -0.4 is 0 Å². The van der Waals surface area contributed by atoms with Crippen LogP contribution in [0.4, 0.5) is 0 Å². The van der Waals surface area contributed by atoms with Crippen LogP contribution in [-0.4, -0.2) is 49.9 Å². The summed E-state index contributed by atoms with van der Waals surface area (Å²) < 4.78 is 21.9. The summed E-state index contributed by atoms with van der Waals surface area (Å²) in [5.74, 6) is -0.599. The van der Waals surface area contributed by atoms with Gasteiger partial charge in [0, 0.05) is 19.8 Å². The van der Waals surface area contributed by atoms with Gasteiger partial charge in [0.25, 0.3) is 5.91 Å². The molecule has 0 aliphatic rings. The fourth-order valence-electron chi connectivity index (χ4n) is 1.26. The molecule has 1 amide bonds. The summed E-state index contributed by atoms with van der Waals surface area (Å²) in [5, 5.41) is 9.49. The Bertz CT molecular complexity index is 510. The number of aromatic hydroxyl groups is 1. The summed E-state index contributed by atoms with van der Waals surface area (Å²) in [7, 11) is -1.60. The number of phenolic OH excluding ortho intramolecular Hbond substituents is 1. The molecule has 1 aromatic rings. The van der Waals surface area contributed by atoms with Crippen LogP contribution in [0.1, 0.15) is 10.4 Å². The molecule has 0 aromatic heterocycles. The van der Waals surface area contributed by atoms with Gasteiger partial charge in [-0.25, -0.2) is 8.42 Å². The molecule has 1 N–H and O–H groups in total. The SMILES string of the molecule is CN(CCS(C)(=O)=O)C(=O)c1ccccc1O. The van der Waals surface area contributed by atoms with Gasteiger partial charge < -0.3 is 10.0 Å². The zero-order valence-corrected chi connectivity index (χ0v) is 10.6. The lowest BCUT2D eigenvalue weighted by atomic mass is 10.2. The van der Waals surface area contributed by atoms with Crippen molar-refractivity contribution in [3.63, 3.8) is 0 Å². The lowest BCUT2D eigenvalue weighted by Crippen LogP contribution is -2.31. The molecule has 6 heteroatoms. The highest BCUT2D eigenvalue weighted by atomic mass is 32.2. The zero-order chi connectivity index (χ0) is 13.1. The Balaban J connectivity index is 2.74. The Hall–Kier alpha value is -1.56. The molecular weight excluding hydrogens is 242 g/mol. The van der Waals surface area contributed by atoms with E-state index in [1.165, 1.54) is 24.1 Å². The Morgan fingerprint density at radius 2 is 1.94 bits per heavy atom. The summed E-state index contributed by atoms with van der Waals surface area (Å²) >= 11 is 0. The minimum atomic E-state index is -3.10. The smallest absolute Gasteiger partial charge is 0.257 e. The molecule has 0 aliphatic carbocycles. The van der Waals surface area contributed by atoms with E-state index in [4.69, 9.17) is 0 Å². The Morgan fingerprint density at radius 3 is 2.47 bits per heavy atom. The maximum absolute atomic E-state index is 11.9. The number of sulfone groups is 1. The highest BCUT2D eigenvalue weighted by Crippen LogP contribution is 2.17. The van der Waals surface area contributed by atoms with Gasteiger partial charge in [0.15, 0.2) is 0 Å². The molecule has 0 aliphatic heterocycles. The first-order chi connectivity index (χ1) is 7.81. The Kier molecular flexibility index (Phi) is 4.11. The molecule has 0 saturated carbocycles. The predicted molar refractivity (Wildman–Crippen MR) is 64.8 cm³/mol. The Labute approximate surface area is 101 Å². The molecule has 0 radical (unpaired) electrons. The lowest BCUT2D eigenvalue weighted by Gasteiger charge is -2.17. The van der Waals surface area contributed by atoms with Crippen molar-refractivity contribution in [1.82, 2.24) is 4.90 Å². The van der Waals surface area contributed by atoms with E-state index in [-0.39, 0.29) is 23.6 Å². The van der Waals surface area contributed by atoms with E-state index in [0.29, 0.717) is 0 Å². The number of phenols is 1. The van der Waals surface area contributed by atoms with Crippen LogP contribution in [0.25, 0.3) is 0 Å². The molecule has 0 fully saturated rings. The van der Waals surface area contributed by atoms with Crippen molar-refractivity contribution in [2.45, 2.75) is 0 Å². The predicted octanol–water partition coefficient (Wildman–Crippen LogP) is 0.509. The number of para-hydroxylation sites is 1. The molecule has 1 rings (SSSR count). The largest absolute Gasteiger partial charge is 0.507 e. The number of carbonyl (C=O) groups is 1. The van der Waals surface area contributed by atoms with Gasteiger partial charge in [-0.15, -0.1) is 0 Å². The molecule has 94 valence electrons. The number of hydrogen-bond acceptors (Lipinski definition) is 4. The molecule has 1 aromatic carbocycles. The number of rotatable bonds is 4. The summed E-state index contributed by atoms with van der Waals surface area (Å²) in [6.45, 7) is 0.103. The first kappa shape index (κ1) is 13.5. The van der Waals surface area contributed by atoms with Gasteiger partial charge in [0.05, 0.1) is 11.3 Å². The first-order valence-electron chi connectivity index (χ1n) is 5.02. The Morgan fingerprint density at radius 1 is 1.35 bits per heavy atom. The monoisotopic (exact) mass is 257 g/mol. The quantitative estimate of drug-likeness (QED) is 0.852. The fourth-order valence-corrected chi connectivity index (χ4v) is 1.87. The van der Waals surface area contributed by atoms with E-state index in [1.807, 2.05) is 0 Å². The average molecular weight is 257 g/mol. The van der Waals surface area contributed by atoms with Gasteiger partial charge in [-0.2, -0.15) is 0 Å². The van der Waals surface area contributed by atoms with Crippen molar-refractivity contribution in [3.05, 3.63) is 29.8 Å². The normalized spacial score (nSPS) is 11.2. The number of benzene rings is 1. The van der Waals surface area contributed by atoms with Gasteiger partial charge in [-0.05, 0) is 12.1 Å². The molecule has 0 heterocycles. The van der Waals surface area contributed by atoms with Crippen LogP contribution in [0.5, 0.6) is 5.75 Å². The van der Waals surface area contributed by atoms with Crippen molar-refractivity contribution in [3.8, 4) is 5.75 Å². The third-order valence-electron chi connectivity index (χ3n) is 2.28. The van der Waals surface area contributed by atoms with Crippen molar-refractivity contribution in [1.29, 1.82) is 0 Å². The summed E-state index contributed by atoms with van der Waals surface area (Å²) in [6, 6.07) is 6.16. The van der Waals surface area contributed by atoms with E-state index >= 15 is 0 Å². The topological polar surface area (TPSA) is 74.7 Å². The maximum atomic E-state index is 11.9. The van der Waals surface area contributed by atoms with Crippen LogP contribution in [0.15, 0.2) is 24.3 Å². The second-order valence-electron chi connectivity index (χ2n) is 3.87. The number of amides is 1.